The van der Waals surface area contributed by atoms with E-state index in [0.717, 1.165) is 6.07 Å². The van der Waals surface area contributed by atoms with Crippen LogP contribution in [-0.4, -0.2) is 4.92 Å². The molecule has 12 heavy (non-hydrogen) atoms. The van der Waals surface area contributed by atoms with Crippen LogP contribution in [0.3, 0.4) is 0 Å². The third kappa shape index (κ3) is 1.81. The van der Waals surface area contributed by atoms with E-state index < -0.39 is 10.7 Å². The van der Waals surface area contributed by atoms with Gasteiger partial charge in [-0.05, 0) is 22.0 Å². The van der Waals surface area contributed by atoms with Crippen LogP contribution in [0.2, 0.25) is 0 Å². The minimum absolute atomic E-state index is 0.129. The predicted molar refractivity (Wildman–Crippen MR) is 48.5 cm³/mol. The lowest BCUT2D eigenvalue weighted by Crippen LogP contribution is -1.91. The van der Waals surface area contributed by atoms with Gasteiger partial charge in [0.15, 0.2) is 0 Å². The molecule has 0 aliphatic rings. The van der Waals surface area contributed by atoms with Crippen molar-refractivity contribution in [2.24, 2.45) is 0 Å². The van der Waals surface area contributed by atoms with Gasteiger partial charge in [0.25, 0.3) is 5.69 Å². The molecule has 0 amide bonds. The maximum atomic E-state index is 12.8. The summed E-state index contributed by atoms with van der Waals surface area (Å²) in [4.78, 5) is 9.66. The Labute approximate surface area is 84.0 Å². The summed E-state index contributed by atoms with van der Waals surface area (Å²) in [6.07, 6.45) is 0. The predicted octanol–water partition coefficient (Wildman–Crippen LogP) is 3.26. The average molecular weight is 299 g/mol. The highest BCUT2D eigenvalue weighted by Crippen LogP contribution is 2.30. The first-order valence-electron chi connectivity index (χ1n) is 2.81. The van der Waals surface area contributed by atoms with Crippen LogP contribution in [-0.2, 0) is 0 Å². The number of hydrogen-bond acceptors (Lipinski definition) is 2. The number of rotatable bonds is 1. The number of nitrogens with zero attached hydrogens (tertiary/aromatic N) is 1. The van der Waals surface area contributed by atoms with E-state index in [1.54, 1.807) is 0 Å². The zero-order valence-electron chi connectivity index (χ0n) is 5.55. The van der Waals surface area contributed by atoms with E-state index >= 15 is 0 Å². The molecule has 0 fully saturated rings. The fourth-order valence-corrected chi connectivity index (χ4v) is 1.47. The molecule has 64 valence electrons. The van der Waals surface area contributed by atoms with E-state index in [0.29, 0.717) is 4.47 Å². The van der Waals surface area contributed by atoms with Crippen LogP contribution in [0.25, 0.3) is 0 Å². The second-order valence-electron chi connectivity index (χ2n) is 1.98. The topological polar surface area (TPSA) is 43.1 Å². The number of nitro benzene ring substituents is 1. The average Bonchev–Trinajstić information content (AvgIpc) is 1.96. The van der Waals surface area contributed by atoms with Gasteiger partial charge in [0, 0.05) is 10.5 Å². The summed E-state index contributed by atoms with van der Waals surface area (Å²) in [6.45, 7) is 0. The Balaban J connectivity index is 3.37. The van der Waals surface area contributed by atoms with Crippen molar-refractivity contribution < 1.29 is 9.31 Å². The first kappa shape index (κ1) is 9.60. The van der Waals surface area contributed by atoms with Crippen molar-refractivity contribution in [1.82, 2.24) is 0 Å². The lowest BCUT2D eigenvalue weighted by atomic mass is 10.3. The smallest absolute Gasteiger partial charge is 0.258 e. The second kappa shape index (κ2) is 3.49. The third-order valence-electron chi connectivity index (χ3n) is 1.17. The monoisotopic (exact) mass is 297 g/mol. The summed E-state index contributed by atoms with van der Waals surface area (Å²) in [5.74, 6) is -0.656. The highest BCUT2D eigenvalue weighted by molar-refractivity contribution is 9.11. The Morgan fingerprint density at radius 1 is 1.42 bits per heavy atom. The van der Waals surface area contributed by atoms with Crippen LogP contribution in [0, 0.1) is 15.9 Å². The summed E-state index contributed by atoms with van der Waals surface area (Å²) in [5, 5.41) is 10.3. The molecule has 0 aliphatic heterocycles. The van der Waals surface area contributed by atoms with E-state index in [-0.39, 0.29) is 10.2 Å². The Morgan fingerprint density at radius 3 is 2.50 bits per heavy atom. The molecule has 0 saturated carbocycles. The molecule has 0 unspecified atom stereocenters. The summed E-state index contributed by atoms with van der Waals surface area (Å²) in [5.41, 5.74) is -0.290. The van der Waals surface area contributed by atoms with Crippen LogP contribution >= 0.6 is 31.9 Å². The molecule has 0 N–H and O–H groups in total. The number of benzene rings is 1. The Hall–Kier alpha value is -0.490. The SMILES string of the molecule is O=[N+]([O-])c1cc(Br)cc(F)c1Br. The minimum Gasteiger partial charge on any atom is -0.258 e. The molecule has 1 rings (SSSR count). The number of halogens is 3. The second-order valence-corrected chi connectivity index (χ2v) is 3.69. The molecule has 3 nitrogen and oxygen atoms in total. The molecule has 6 heteroatoms. The summed E-state index contributed by atoms with van der Waals surface area (Å²) < 4.78 is 13.0. The third-order valence-corrected chi connectivity index (χ3v) is 2.41. The van der Waals surface area contributed by atoms with Crippen LogP contribution in [0.15, 0.2) is 21.1 Å². The van der Waals surface area contributed by atoms with Crippen molar-refractivity contribution in [3.8, 4) is 0 Å². The van der Waals surface area contributed by atoms with Crippen molar-refractivity contribution in [1.29, 1.82) is 0 Å². The van der Waals surface area contributed by atoms with Gasteiger partial charge in [0.05, 0.1) is 4.92 Å². The van der Waals surface area contributed by atoms with Crippen LogP contribution < -0.4 is 0 Å². The molecule has 0 aliphatic carbocycles. The maximum absolute atomic E-state index is 12.8. The Kier molecular flexibility index (Phi) is 2.79. The van der Waals surface area contributed by atoms with Crippen molar-refractivity contribution in [3.63, 3.8) is 0 Å². The van der Waals surface area contributed by atoms with Gasteiger partial charge >= 0.3 is 0 Å². The minimum atomic E-state index is -0.656. The van der Waals surface area contributed by atoms with Gasteiger partial charge in [-0.25, -0.2) is 4.39 Å². The molecule has 1 aromatic rings. The fraction of sp³-hybridized carbons (Fsp3) is 0. The normalized spacial score (nSPS) is 9.92. The highest BCUT2D eigenvalue weighted by atomic mass is 79.9. The molecule has 0 radical (unpaired) electrons. The molecule has 0 heterocycles. The van der Waals surface area contributed by atoms with E-state index in [9.17, 15) is 14.5 Å². The molecule has 1 aromatic carbocycles. The van der Waals surface area contributed by atoms with Crippen molar-refractivity contribution in [3.05, 3.63) is 37.0 Å². The lowest BCUT2D eigenvalue weighted by Gasteiger charge is -1.97. The molecule has 0 saturated heterocycles. The van der Waals surface area contributed by atoms with Gasteiger partial charge in [-0.2, -0.15) is 0 Å². The van der Waals surface area contributed by atoms with Crippen LogP contribution in [0.5, 0.6) is 0 Å². The molecule has 0 spiro atoms. The van der Waals surface area contributed by atoms with Crippen molar-refractivity contribution >= 4 is 37.5 Å². The van der Waals surface area contributed by atoms with Gasteiger partial charge in [-0.1, -0.05) is 15.9 Å². The van der Waals surface area contributed by atoms with Gasteiger partial charge in [-0.15, -0.1) is 0 Å². The summed E-state index contributed by atoms with van der Waals surface area (Å²) in [6, 6.07) is 2.38. The van der Waals surface area contributed by atoms with Crippen LogP contribution in [0.4, 0.5) is 10.1 Å². The largest absolute Gasteiger partial charge is 0.287 e. The summed E-state index contributed by atoms with van der Waals surface area (Å²) >= 11 is 5.73. The first-order chi connectivity index (χ1) is 5.52. The number of hydrogen-bond donors (Lipinski definition) is 0. The van der Waals surface area contributed by atoms with Gasteiger partial charge in [0.2, 0.25) is 0 Å². The van der Waals surface area contributed by atoms with Crippen molar-refractivity contribution in [2.75, 3.05) is 0 Å². The zero-order chi connectivity index (χ0) is 9.30. The Bertz CT molecular complexity index is 343. The molecule has 0 bridgehead atoms. The maximum Gasteiger partial charge on any atom is 0.287 e. The van der Waals surface area contributed by atoms with E-state index in [2.05, 4.69) is 31.9 Å². The quantitative estimate of drug-likeness (QED) is 0.454. The first-order valence-corrected chi connectivity index (χ1v) is 4.40. The molecular weight excluding hydrogens is 297 g/mol. The van der Waals surface area contributed by atoms with Crippen molar-refractivity contribution in [2.45, 2.75) is 0 Å². The lowest BCUT2D eigenvalue weighted by molar-refractivity contribution is -0.385. The van der Waals surface area contributed by atoms with E-state index in [4.69, 9.17) is 0 Å². The fourth-order valence-electron chi connectivity index (χ4n) is 0.675. The summed E-state index contributed by atoms with van der Waals surface area (Å²) in [7, 11) is 0. The van der Waals surface area contributed by atoms with Gasteiger partial charge < -0.3 is 0 Å². The van der Waals surface area contributed by atoms with Gasteiger partial charge in [0.1, 0.15) is 10.3 Å². The number of nitro groups is 1. The standard InChI is InChI=1S/C6H2Br2FNO2/c7-3-1-4(9)6(8)5(2-3)10(11)12/h1-2H. The van der Waals surface area contributed by atoms with Crippen LogP contribution in [0.1, 0.15) is 0 Å². The highest BCUT2D eigenvalue weighted by Gasteiger charge is 2.16. The Morgan fingerprint density at radius 2 is 2.00 bits per heavy atom. The zero-order valence-corrected chi connectivity index (χ0v) is 8.72. The van der Waals surface area contributed by atoms with Gasteiger partial charge in [-0.3, -0.25) is 10.1 Å². The van der Waals surface area contributed by atoms with E-state index in [1.165, 1.54) is 6.07 Å². The van der Waals surface area contributed by atoms with E-state index in [1.807, 2.05) is 0 Å². The molecule has 0 atom stereocenters. The molecule has 0 aromatic heterocycles. The molecular formula is C6H2Br2FNO2.